The highest BCUT2D eigenvalue weighted by atomic mass is 35.5. The van der Waals surface area contributed by atoms with Crippen LogP contribution in [-0.2, 0) is 0 Å². The van der Waals surface area contributed by atoms with Crippen LogP contribution in [0.4, 0.5) is 0 Å². The highest BCUT2D eigenvalue weighted by Gasteiger charge is 2.15. The molecule has 0 aliphatic heterocycles. The quantitative estimate of drug-likeness (QED) is 0.888. The van der Waals surface area contributed by atoms with Gasteiger partial charge in [-0.15, -0.1) is 0 Å². The molecule has 1 aromatic carbocycles. The molecule has 0 aliphatic rings. The molecule has 3 nitrogen and oxygen atoms in total. The molecule has 16 heavy (non-hydrogen) atoms. The van der Waals surface area contributed by atoms with E-state index >= 15 is 0 Å². The zero-order valence-corrected chi connectivity index (χ0v) is 9.85. The number of halogens is 1. The summed E-state index contributed by atoms with van der Waals surface area (Å²) in [5.41, 5.74) is 7.78. The van der Waals surface area contributed by atoms with E-state index < -0.39 is 0 Å². The summed E-state index contributed by atoms with van der Waals surface area (Å²) >= 11 is 6.16. The Balaban J connectivity index is 2.40. The van der Waals surface area contributed by atoms with Crippen LogP contribution >= 0.6 is 11.6 Å². The van der Waals surface area contributed by atoms with Crippen molar-refractivity contribution >= 4 is 11.6 Å². The first-order chi connectivity index (χ1) is 7.72. The summed E-state index contributed by atoms with van der Waals surface area (Å²) in [6, 6.07) is 9.68. The predicted molar refractivity (Wildman–Crippen MR) is 65.6 cm³/mol. The second-order valence-electron chi connectivity index (χ2n) is 3.71. The molecule has 1 heterocycles. The molecule has 0 radical (unpaired) electrons. The summed E-state index contributed by atoms with van der Waals surface area (Å²) in [4.78, 5) is 0. The van der Waals surface area contributed by atoms with Gasteiger partial charge in [0.25, 0.3) is 0 Å². The number of nitrogens with zero attached hydrogens (tertiary/aromatic N) is 2. The van der Waals surface area contributed by atoms with E-state index in [1.165, 1.54) is 0 Å². The molecule has 2 aromatic rings. The van der Waals surface area contributed by atoms with Crippen LogP contribution in [0.15, 0.2) is 36.5 Å². The number of aryl methyl sites for hydroxylation is 1. The number of nitrogens with two attached hydrogens (primary N) is 1. The Morgan fingerprint density at radius 2 is 2.12 bits per heavy atom. The van der Waals surface area contributed by atoms with Crippen LogP contribution in [0.25, 0.3) is 0 Å². The van der Waals surface area contributed by atoms with Crippen molar-refractivity contribution in [2.45, 2.75) is 13.0 Å². The van der Waals surface area contributed by atoms with Crippen LogP contribution < -0.4 is 5.73 Å². The van der Waals surface area contributed by atoms with E-state index in [-0.39, 0.29) is 6.04 Å². The van der Waals surface area contributed by atoms with Gasteiger partial charge in [-0.1, -0.05) is 29.8 Å². The Kier molecular flexibility index (Phi) is 3.27. The van der Waals surface area contributed by atoms with E-state index in [4.69, 9.17) is 17.3 Å². The first-order valence-corrected chi connectivity index (χ1v) is 5.56. The maximum absolute atomic E-state index is 6.16. The smallest absolute Gasteiger partial charge is 0.0905 e. The third-order valence-corrected chi connectivity index (χ3v) is 2.89. The first-order valence-electron chi connectivity index (χ1n) is 5.18. The van der Waals surface area contributed by atoms with Gasteiger partial charge in [0.2, 0.25) is 0 Å². The number of benzene rings is 1. The molecule has 0 spiro atoms. The normalized spacial score (nSPS) is 12.7. The van der Waals surface area contributed by atoms with Gasteiger partial charge >= 0.3 is 0 Å². The lowest BCUT2D eigenvalue weighted by Crippen LogP contribution is -2.21. The van der Waals surface area contributed by atoms with Gasteiger partial charge in [-0.3, -0.25) is 4.68 Å². The maximum Gasteiger partial charge on any atom is 0.0905 e. The topological polar surface area (TPSA) is 43.8 Å². The van der Waals surface area contributed by atoms with Gasteiger partial charge in [-0.2, -0.15) is 5.10 Å². The Hall–Kier alpha value is -1.32. The molecule has 0 saturated carbocycles. The molecule has 2 N–H and O–H groups in total. The minimum Gasteiger partial charge on any atom is -0.328 e. The van der Waals surface area contributed by atoms with Crippen molar-refractivity contribution in [3.63, 3.8) is 0 Å². The summed E-state index contributed by atoms with van der Waals surface area (Å²) < 4.78 is 1.86. The van der Waals surface area contributed by atoms with Crippen molar-refractivity contribution < 1.29 is 0 Å². The molecule has 0 fully saturated rings. The Morgan fingerprint density at radius 3 is 2.69 bits per heavy atom. The minimum atomic E-state index is 0.00222. The van der Waals surface area contributed by atoms with Crippen molar-refractivity contribution in [2.24, 2.45) is 5.73 Å². The monoisotopic (exact) mass is 235 g/mol. The zero-order chi connectivity index (χ0) is 11.5. The number of aromatic nitrogens is 2. The number of hydrogen-bond donors (Lipinski definition) is 1. The van der Waals surface area contributed by atoms with Gasteiger partial charge < -0.3 is 5.73 Å². The van der Waals surface area contributed by atoms with Crippen LogP contribution in [0, 0.1) is 6.92 Å². The minimum absolute atomic E-state index is 0.00222. The molecule has 0 saturated heterocycles. The van der Waals surface area contributed by atoms with Crippen LogP contribution in [0.5, 0.6) is 0 Å². The Labute approximate surface area is 99.8 Å². The standard InChI is InChI=1S/C12H14ClN3/c1-9-6-7-16(15-9)12(8-14)10-4-2-3-5-11(10)13/h2-7,12H,8,14H2,1H3. The summed E-state index contributed by atoms with van der Waals surface area (Å²) in [5.74, 6) is 0. The van der Waals surface area contributed by atoms with E-state index in [0.717, 1.165) is 16.3 Å². The highest BCUT2D eigenvalue weighted by molar-refractivity contribution is 6.31. The Morgan fingerprint density at radius 1 is 1.38 bits per heavy atom. The second-order valence-corrected chi connectivity index (χ2v) is 4.12. The first kappa shape index (κ1) is 11.2. The fraction of sp³-hybridized carbons (Fsp3) is 0.250. The molecule has 1 aromatic heterocycles. The van der Waals surface area contributed by atoms with E-state index in [2.05, 4.69) is 5.10 Å². The predicted octanol–water partition coefficient (Wildman–Crippen LogP) is 2.39. The molecule has 2 rings (SSSR count). The molecular weight excluding hydrogens is 222 g/mol. The molecule has 0 aliphatic carbocycles. The molecule has 1 unspecified atom stereocenters. The average molecular weight is 236 g/mol. The zero-order valence-electron chi connectivity index (χ0n) is 9.10. The summed E-state index contributed by atoms with van der Waals surface area (Å²) in [6.45, 7) is 2.43. The lowest BCUT2D eigenvalue weighted by molar-refractivity contribution is 0.529. The van der Waals surface area contributed by atoms with Crippen molar-refractivity contribution in [2.75, 3.05) is 6.54 Å². The number of rotatable bonds is 3. The molecule has 1 atom stereocenters. The SMILES string of the molecule is Cc1ccn(C(CN)c2ccccc2Cl)n1. The van der Waals surface area contributed by atoms with Crippen LogP contribution in [0.2, 0.25) is 5.02 Å². The Bertz CT molecular complexity index is 479. The third-order valence-electron chi connectivity index (χ3n) is 2.55. The summed E-state index contributed by atoms with van der Waals surface area (Å²) in [7, 11) is 0. The molecule has 0 amide bonds. The van der Waals surface area contributed by atoms with Crippen molar-refractivity contribution in [1.29, 1.82) is 0 Å². The van der Waals surface area contributed by atoms with Crippen molar-refractivity contribution in [3.8, 4) is 0 Å². The highest BCUT2D eigenvalue weighted by Crippen LogP contribution is 2.24. The fourth-order valence-corrected chi connectivity index (χ4v) is 1.99. The van der Waals surface area contributed by atoms with Crippen LogP contribution in [0.1, 0.15) is 17.3 Å². The van der Waals surface area contributed by atoms with Crippen molar-refractivity contribution in [3.05, 3.63) is 52.8 Å². The lowest BCUT2D eigenvalue weighted by Gasteiger charge is -2.17. The van der Waals surface area contributed by atoms with E-state index in [1.807, 2.05) is 48.1 Å². The van der Waals surface area contributed by atoms with Crippen molar-refractivity contribution in [1.82, 2.24) is 9.78 Å². The lowest BCUT2D eigenvalue weighted by atomic mass is 10.1. The maximum atomic E-state index is 6.16. The largest absolute Gasteiger partial charge is 0.328 e. The molecule has 4 heteroatoms. The van der Waals surface area contributed by atoms with Gasteiger partial charge in [-0.05, 0) is 24.6 Å². The van der Waals surface area contributed by atoms with Gasteiger partial charge in [0.15, 0.2) is 0 Å². The van der Waals surface area contributed by atoms with Gasteiger partial charge in [0.05, 0.1) is 11.7 Å². The fourth-order valence-electron chi connectivity index (χ4n) is 1.73. The third kappa shape index (κ3) is 2.10. The van der Waals surface area contributed by atoms with Gasteiger partial charge in [-0.25, -0.2) is 0 Å². The average Bonchev–Trinajstić information content (AvgIpc) is 2.69. The number of hydrogen-bond acceptors (Lipinski definition) is 2. The molecule has 0 bridgehead atoms. The second kappa shape index (κ2) is 4.68. The van der Waals surface area contributed by atoms with Crippen LogP contribution in [0.3, 0.4) is 0 Å². The summed E-state index contributed by atoms with van der Waals surface area (Å²) in [5, 5.41) is 5.11. The van der Waals surface area contributed by atoms with Gasteiger partial charge in [0, 0.05) is 17.8 Å². The molecular formula is C12H14ClN3. The summed E-state index contributed by atoms with van der Waals surface area (Å²) in [6.07, 6.45) is 1.93. The van der Waals surface area contributed by atoms with Gasteiger partial charge in [0.1, 0.15) is 0 Å². The van der Waals surface area contributed by atoms with Crippen LogP contribution in [-0.4, -0.2) is 16.3 Å². The van der Waals surface area contributed by atoms with E-state index in [1.54, 1.807) is 0 Å². The van der Waals surface area contributed by atoms with E-state index in [9.17, 15) is 0 Å². The van der Waals surface area contributed by atoms with E-state index in [0.29, 0.717) is 6.54 Å². The molecule has 84 valence electrons.